The fraction of sp³-hybridized carbons (Fsp3) is 0.429. The molecule has 10 nitrogen and oxygen atoms in total. The number of fused-ring (bicyclic) bond motifs is 2. The SMILES string of the molecule is COc1ccc(C(=O)Nc2ccc3c(c2)[C@]2(O[C@@H](CCn4cc(CCO)nn4)[C@H]([Si](C)(C)F)[C@H]2C)C(=O)N3)cc1. The summed E-state index contributed by atoms with van der Waals surface area (Å²) in [5.74, 6) is -0.439. The van der Waals surface area contributed by atoms with Gasteiger partial charge in [0.05, 0.1) is 18.9 Å². The summed E-state index contributed by atoms with van der Waals surface area (Å²) in [6.07, 6.45) is 2.07. The molecule has 0 radical (unpaired) electrons. The minimum absolute atomic E-state index is 0.0226. The number of benzene rings is 2. The number of carbonyl (C=O) groups is 2. The smallest absolute Gasteiger partial charge is 0.261 e. The zero-order valence-corrected chi connectivity index (χ0v) is 24.0. The fourth-order valence-corrected chi connectivity index (χ4v) is 8.64. The summed E-state index contributed by atoms with van der Waals surface area (Å²) in [6.45, 7) is 5.59. The van der Waals surface area contributed by atoms with Gasteiger partial charge in [-0.05, 0) is 62.0 Å². The molecular formula is C28H34FN5O5Si. The van der Waals surface area contributed by atoms with Crippen LogP contribution in [0.2, 0.25) is 18.6 Å². The first-order valence-corrected chi connectivity index (χ1v) is 16.3. The highest BCUT2D eigenvalue weighted by Gasteiger charge is 2.65. The van der Waals surface area contributed by atoms with Gasteiger partial charge in [0.2, 0.25) is 8.41 Å². The van der Waals surface area contributed by atoms with E-state index in [0.29, 0.717) is 53.3 Å². The number of aliphatic hydroxyl groups excluding tert-OH is 1. The van der Waals surface area contributed by atoms with E-state index in [4.69, 9.17) is 14.6 Å². The van der Waals surface area contributed by atoms with E-state index in [2.05, 4.69) is 20.9 Å². The van der Waals surface area contributed by atoms with Gasteiger partial charge in [0.15, 0.2) is 5.60 Å². The molecule has 0 bridgehead atoms. The second-order valence-corrected chi connectivity index (χ2v) is 14.7. The molecule has 0 saturated carbocycles. The lowest BCUT2D eigenvalue weighted by Gasteiger charge is -2.30. The highest BCUT2D eigenvalue weighted by Crippen LogP contribution is 2.59. The molecule has 1 spiro atoms. The third-order valence-corrected chi connectivity index (χ3v) is 10.4. The molecule has 40 heavy (non-hydrogen) atoms. The zero-order chi connectivity index (χ0) is 28.7. The van der Waals surface area contributed by atoms with Crippen molar-refractivity contribution in [2.75, 3.05) is 24.4 Å². The number of nitrogens with one attached hydrogen (secondary N) is 2. The first-order chi connectivity index (χ1) is 19.1. The molecule has 2 aliphatic rings. The summed E-state index contributed by atoms with van der Waals surface area (Å²) in [4.78, 5) is 26.5. The van der Waals surface area contributed by atoms with Crippen molar-refractivity contribution < 1.29 is 28.3 Å². The maximum atomic E-state index is 15.9. The van der Waals surface area contributed by atoms with Gasteiger partial charge in [-0.15, -0.1) is 5.10 Å². The number of nitrogens with zero attached hydrogens (tertiary/aromatic N) is 3. The minimum Gasteiger partial charge on any atom is -0.497 e. The summed E-state index contributed by atoms with van der Waals surface area (Å²) in [5.41, 5.74) is 0.966. The van der Waals surface area contributed by atoms with Gasteiger partial charge in [-0.3, -0.25) is 14.3 Å². The van der Waals surface area contributed by atoms with Crippen LogP contribution in [0.5, 0.6) is 5.75 Å². The van der Waals surface area contributed by atoms with Crippen LogP contribution in [0, 0.1) is 5.92 Å². The van der Waals surface area contributed by atoms with Crippen molar-refractivity contribution in [3.05, 3.63) is 65.5 Å². The number of aryl methyl sites for hydroxylation is 1. The van der Waals surface area contributed by atoms with E-state index in [-0.39, 0.29) is 18.4 Å². The Kier molecular flexibility index (Phi) is 7.51. The Morgan fingerprint density at radius 2 is 2.02 bits per heavy atom. The Labute approximate surface area is 233 Å². The molecule has 0 aliphatic carbocycles. The van der Waals surface area contributed by atoms with Crippen LogP contribution in [0.1, 0.15) is 35.0 Å². The van der Waals surface area contributed by atoms with Crippen LogP contribution in [-0.2, 0) is 28.1 Å². The van der Waals surface area contributed by atoms with Crippen LogP contribution < -0.4 is 15.4 Å². The number of anilines is 2. The molecule has 3 heterocycles. The lowest BCUT2D eigenvalue weighted by atomic mass is 9.82. The lowest BCUT2D eigenvalue weighted by Crippen LogP contribution is -2.42. The minimum atomic E-state index is -3.30. The number of amides is 2. The Morgan fingerprint density at radius 3 is 2.70 bits per heavy atom. The molecule has 1 saturated heterocycles. The first-order valence-electron chi connectivity index (χ1n) is 13.3. The van der Waals surface area contributed by atoms with Crippen molar-refractivity contribution in [1.29, 1.82) is 0 Å². The van der Waals surface area contributed by atoms with E-state index >= 15 is 4.11 Å². The summed E-state index contributed by atoms with van der Waals surface area (Å²) in [5, 5.41) is 23.1. The predicted molar refractivity (Wildman–Crippen MR) is 150 cm³/mol. The Bertz CT molecular complexity index is 1410. The number of aliphatic hydroxyl groups is 1. The quantitative estimate of drug-likeness (QED) is 0.264. The Balaban J connectivity index is 1.42. The maximum absolute atomic E-state index is 15.9. The second kappa shape index (κ2) is 10.8. The van der Waals surface area contributed by atoms with Crippen molar-refractivity contribution in [3.63, 3.8) is 0 Å². The normalized spacial score (nSPS) is 23.8. The molecule has 2 amide bonds. The van der Waals surface area contributed by atoms with Crippen LogP contribution in [0.25, 0.3) is 0 Å². The van der Waals surface area contributed by atoms with Gasteiger partial charge < -0.3 is 29.3 Å². The van der Waals surface area contributed by atoms with Crippen molar-refractivity contribution in [1.82, 2.24) is 15.0 Å². The van der Waals surface area contributed by atoms with Crippen LogP contribution in [0.15, 0.2) is 48.7 Å². The molecule has 12 heteroatoms. The van der Waals surface area contributed by atoms with Gasteiger partial charge in [0.1, 0.15) is 5.75 Å². The maximum Gasteiger partial charge on any atom is 0.261 e. The number of carbonyl (C=O) groups excluding carboxylic acids is 2. The highest BCUT2D eigenvalue weighted by atomic mass is 28.4. The standard InChI is InChI=1S/C28H34FN5O5Si/c1-17-25(40(3,4)29)24(11-13-34-16-20(12-14-35)32-33-34)39-28(17)22-15-19(7-10-23(22)31-27(28)37)30-26(36)18-5-8-21(38-2)9-6-18/h5-10,15-17,24-25,35H,11-14H2,1-4H3,(H,30,36)(H,31,37)/t17-,24+,25-,28+/m1/s1. The summed E-state index contributed by atoms with van der Waals surface area (Å²) in [6, 6.07) is 12.0. The Hall–Kier alpha value is -3.61. The average molecular weight is 568 g/mol. The number of methoxy groups -OCH3 is 1. The largest absolute Gasteiger partial charge is 0.497 e. The van der Waals surface area contributed by atoms with Crippen molar-refractivity contribution in [3.8, 4) is 5.75 Å². The molecule has 0 unspecified atom stereocenters. The number of hydrogen-bond donors (Lipinski definition) is 3. The molecule has 4 atom stereocenters. The average Bonchev–Trinajstić information content (AvgIpc) is 3.58. The summed E-state index contributed by atoms with van der Waals surface area (Å²) < 4.78 is 29.3. The van der Waals surface area contributed by atoms with Gasteiger partial charge >= 0.3 is 0 Å². The number of aromatic nitrogens is 3. The first kappa shape index (κ1) is 27.9. The van der Waals surface area contributed by atoms with E-state index in [1.165, 1.54) is 0 Å². The highest BCUT2D eigenvalue weighted by molar-refractivity contribution is 6.72. The Morgan fingerprint density at radius 1 is 1.27 bits per heavy atom. The van der Waals surface area contributed by atoms with E-state index in [1.807, 2.05) is 6.92 Å². The summed E-state index contributed by atoms with van der Waals surface area (Å²) in [7, 11) is -1.74. The van der Waals surface area contributed by atoms with E-state index in [9.17, 15) is 9.59 Å². The van der Waals surface area contributed by atoms with Gasteiger partial charge in [-0.1, -0.05) is 12.1 Å². The van der Waals surface area contributed by atoms with Gasteiger partial charge in [0, 0.05) is 59.7 Å². The third-order valence-electron chi connectivity index (χ3n) is 7.92. The molecule has 2 aliphatic heterocycles. The number of rotatable bonds is 9. The number of halogens is 1. The lowest BCUT2D eigenvalue weighted by molar-refractivity contribution is -0.143. The summed E-state index contributed by atoms with van der Waals surface area (Å²) >= 11 is 0. The second-order valence-electron chi connectivity index (χ2n) is 10.9. The molecule has 1 fully saturated rings. The van der Waals surface area contributed by atoms with Crippen LogP contribution in [0.4, 0.5) is 15.5 Å². The zero-order valence-electron chi connectivity index (χ0n) is 23.0. The molecular weight excluding hydrogens is 533 g/mol. The molecule has 3 N–H and O–H groups in total. The van der Waals surface area contributed by atoms with Crippen LogP contribution in [0.3, 0.4) is 0 Å². The fourth-order valence-electron chi connectivity index (χ4n) is 6.10. The van der Waals surface area contributed by atoms with E-state index in [0.717, 1.165) is 0 Å². The number of hydrogen-bond acceptors (Lipinski definition) is 7. The number of ether oxygens (including phenoxy) is 2. The van der Waals surface area contributed by atoms with Gasteiger partial charge in [0.25, 0.3) is 11.8 Å². The van der Waals surface area contributed by atoms with E-state index < -0.39 is 31.6 Å². The van der Waals surface area contributed by atoms with Crippen LogP contribution >= 0.6 is 0 Å². The third kappa shape index (κ3) is 5.02. The molecule has 212 valence electrons. The van der Waals surface area contributed by atoms with Crippen LogP contribution in [-0.4, -0.2) is 60.1 Å². The predicted octanol–water partition coefficient (Wildman–Crippen LogP) is 3.89. The van der Waals surface area contributed by atoms with Crippen molar-refractivity contribution in [2.24, 2.45) is 5.92 Å². The van der Waals surface area contributed by atoms with E-state index in [1.54, 1.807) is 73.5 Å². The topological polar surface area (TPSA) is 128 Å². The monoisotopic (exact) mass is 567 g/mol. The molecule has 1 aromatic heterocycles. The molecule has 3 aromatic rings. The van der Waals surface area contributed by atoms with Gasteiger partial charge in [-0.25, -0.2) is 0 Å². The molecule has 2 aromatic carbocycles. The molecule has 5 rings (SSSR count). The van der Waals surface area contributed by atoms with Crippen molar-refractivity contribution >= 4 is 31.6 Å². The van der Waals surface area contributed by atoms with Gasteiger partial charge in [-0.2, -0.15) is 0 Å². The van der Waals surface area contributed by atoms with Crippen molar-refractivity contribution in [2.45, 2.75) is 56.7 Å².